The van der Waals surface area contributed by atoms with Crippen LogP contribution in [0.3, 0.4) is 0 Å². The molecule has 0 aliphatic carbocycles. The highest BCUT2D eigenvalue weighted by Crippen LogP contribution is 2.28. The van der Waals surface area contributed by atoms with Crippen molar-refractivity contribution >= 4 is 17.6 Å². The van der Waals surface area contributed by atoms with Crippen molar-refractivity contribution in [3.8, 4) is 0 Å². The number of hydrogen-bond acceptors (Lipinski definition) is 3. The van der Waals surface area contributed by atoms with E-state index in [0.717, 1.165) is 11.3 Å². The first kappa shape index (κ1) is 12.8. The summed E-state index contributed by atoms with van der Waals surface area (Å²) in [5.41, 5.74) is 5.94. The van der Waals surface area contributed by atoms with E-state index in [0.29, 0.717) is 10.8 Å². The molecule has 0 amide bonds. The average Bonchev–Trinajstić information content (AvgIpc) is 2.30. The quantitative estimate of drug-likeness (QED) is 0.280. The predicted molar refractivity (Wildman–Crippen MR) is 64.5 cm³/mol. The lowest BCUT2D eigenvalue weighted by molar-refractivity contribution is 0.318. The van der Waals surface area contributed by atoms with Gasteiger partial charge < -0.3 is 10.9 Å². The Morgan fingerprint density at radius 1 is 1.62 bits per heavy atom. The third-order valence-corrected chi connectivity index (χ3v) is 3.57. The fourth-order valence-electron chi connectivity index (χ4n) is 1.16. The fraction of sp³-hybridized carbons (Fsp3) is 0.364. The van der Waals surface area contributed by atoms with E-state index in [1.165, 1.54) is 12.1 Å². The summed E-state index contributed by atoms with van der Waals surface area (Å²) in [7, 11) is 0. The average molecular weight is 242 g/mol. The van der Waals surface area contributed by atoms with Gasteiger partial charge in [-0.1, -0.05) is 19.0 Å². The van der Waals surface area contributed by atoms with Crippen LogP contribution in [0.2, 0.25) is 0 Å². The van der Waals surface area contributed by atoms with Crippen molar-refractivity contribution in [3.63, 3.8) is 0 Å². The summed E-state index contributed by atoms with van der Waals surface area (Å²) in [4.78, 5) is 0.825. The molecule has 0 bridgehead atoms. The molecule has 88 valence electrons. The number of oxime groups is 1. The van der Waals surface area contributed by atoms with Gasteiger partial charge in [-0.2, -0.15) is 0 Å². The number of halogens is 1. The van der Waals surface area contributed by atoms with Crippen molar-refractivity contribution in [2.45, 2.75) is 30.4 Å². The molecule has 0 saturated heterocycles. The SMILES string of the molecule is CCC(C)Sc1ccc(F)cc1C(N)=NO. The van der Waals surface area contributed by atoms with Gasteiger partial charge in [0.2, 0.25) is 0 Å². The molecule has 1 aromatic carbocycles. The van der Waals surface area contributed by atoms with Gasteiger partial charge in [-0.25, -0.2) is 4.39 Å². The largest absolute Gasteiger partial charge is 0.409 e. The molecule has 1 aromatic rings. The van der Waals surface area contributed by atoms with Crippen molar-refractivity contribution in [1.29, 1.82) is 0 Å². The van der Waals surface area contributed by atoms with Gasteiger partial charge in [0.1, 0.15) is 5.82 Å². The first-order valence-electron chi connectivity index (χ1n) is 5.02. The zero-order chi connectivity index (χ0) is 12.1. The molecule has 0 spiro atoms. The topological polar surface area (TPSA) is 58.6 Å². The van der Waals surface area contributed by atoms with Crippen LogP contribution in [0, 0.1) is 5.82 Å². The van der Waals surface area contributed by atoms with Crippen molar-refractivity contribution in [2.24, 2.45) is 10.9 Å². The van der Waals surface area contributed by atoms with E-state index in [1.807, 2.05) is 0 Å². The minimum absolute atomic E-state index is 0.0645. The Morgan fingerprint density at radius 2 is 2.31 bits per heavy atom. The van der Waals surface area contributed by atoms with E-state index in [2.05, 4.69) is 19.0 Å². The Labute approximate surface area is 98.5 Å². The monoisotopic (exact) mass is 242 g/mol. The molecule has 1 unspecified atom stereocenters. The van der Waals surface area contributed by atoms with Gasteiger partial charge in [0, 0.05) is 15.7 Å². The van der Waals surface area contributed by atoms with E-state index in [4.69, 9.17) is 10.9 Å². The van der Waals surface area contributed by atoms with Crippen molar-refractivity contribution < 1.29 is 9.60 Å². The highest BCUT2D eigenvalue weighted by atomic mass is 32.2. The normalized spacial score (nSPS) is 13.8. The molecule has 5 heteroatoms. The maximum atomic E-state index is 13.1. The van der Waals surface area contributed by atoms with Gasteiger partial charge in [-0.05, 0) is 24.6 Å². The standard InChI is InChI=1S/C11H15FN2OS/c1-3-7(2)16-10-5-4-8(12)6-9(10)11(13)14-15/h4-7,15H,3H2,1-2H3,(H2,13,14). The maximum absolute atomic E-state index is 13.1. The van der Waals surface area contributed by atoms with Gasteiger partial charge in [-0.15, -0.1) is 11.8 Å². The lowest BCUT2D eigenvalue weighted by atomic mass is 10.2. The van der Waals surface area contributed by atoms with Crippen LogP contribution >= 0.6 is 11.8 Å². The number of benzene rings is 1. The Morgan fingerprint density at radius 3 is 2.88 bits per heavy atom. The second-order valence-electron chi connectivity index (χ2n) is 3.46. The minimum atomic E-state index is -0.393. The van der Waals surface area contributed by atoms with Crippen LogP contribution in [0.15, 0.2) is 28.3 Å². The molecule has 0 aromatic heterocycles. The van der Waals surface area contributed by atoms with Crippen molar-refractivity contribution in [2.75, 3.05) is 0 Å². The summed E-state index contributed by atoms with van der Waals surface area (Å²) in [5, 5.41) is 11.9. The predicted octanol–water partition coefficient (Wildman–Crippen LogP) is 2.81. The minimum Gasteiger partial charge on any atom is -0.409 e. The lowest BCUT2D eigenvalue weighted by Crippen LogP contribution is -2.15. The van der Waals surface area contributed by atoms with Crippen LogP contribution in [0.25, 0.3) is 0 Å². The summed E-state index contributed by atoms with van der Waals surface area (Å²) in [6.45, 7) is 4.15. The summed E-state index contributed by atoms with van der Waals surface area (Å²) in [6, 6.07) is 4.30. The molecule has 0 radical (unpaired) electrons. The molecule has 1 atom stereocenters. The Bertz CT molecular complexity index is 396. The van der Waals surface area contributed by atoms with Gasteiger partial charge in [-0.3, -0.25) is 0 Å². The van der Waals surface area contributed by atoms with Gasteiger partial charge >= 0.3 is 0 Å². The molecule has 1 rings (SSSR count). The molecule has 3 N–H and O–H groups in total. The lowest BCUT2D eigenvalue weighted by Gasteiger charge is -2.12. The first-order valence-corrected chi connectivity index (χ1v) is 5.90. The smallest absolute Gasteiger partial charge is 0.171 e. The zero-order valence-electron chi connectivity index (χ0n) is 9.27. The second kappa shape index (κ2) is 5.75. The maximum Gasteiger partial charge on any atom is 0.171 e. The van der Waals surface area contributed by atoms with E-state index in [1.54, 1.807) is 17.8 Å². The van der Waals surface area contributed by atoms with Crippen LogP contribution in [-0.2, 0) is 0 Å². The van der Waals surface area contributed by atoms with Gasteiger partial charge in [0.05, 0.1) is 0 Å². The molecular formula is C11H15FN2OS. The molecule has 0 fully saturated rings. The molecule has 16 heavy (non-hydrogen) atoms. The number of rotatable bonds is 4. The Kier molecular flexibility index (Phi) is 4.61. The molecular weight excluding hydrogens is 227 g/mol. The Hall–Kier alpha value is -1.23. The van der Waals surface area contributed by atoms with E-state index >= 15 is 0 Å². The highest BCUT2D eigenvalue weighted by Gasteiger charge is 2.11. The number of nitrogens with two attached hydrogens (primary N) is 1. The van der Waals surface area contributed by atoms with Crippen LogP contribution in [0.4, 0.5) is 4.39 Å². The van der Waals surface area contributed by atoms with E-state index in [9.17, 15) is 4.39 Å². The summed E-state index contributed by atoms with van der Waals surface area (Å²) < 4.78 is 13.1. The van der Waals surface area contributed by atoms with E-state index < -0.39 is 5.82 Å². The number of thioether (sulfide) groups is 1. The highest BCUT2D eigenvalue weighted by molar-refractivity contribution is 8.00. The summed E-state index contributed by atoms with van der Waals surface area (Å²) in [6.07, 6.45) is 0.998. The van der Waals surface area contributed by atoms with Crippen molar-refractivity contribution in [3.05, 3.63) is 29.6 Å². The number of amidine groups is 1. The van der Waals surface area contributed by atoms with Gasteiger partial charge in [0.25, 0.3) is 0 Å². The molecule has 0 saturated carbocycles. The van der Waals surface area contributed by atoms with Crippen LogP contribution in [-0.4, -0.2) is 16.3 Å². The van der Waals surface area contributed by atoms with Crippen molar-refractivity contribution in [1.82, 2.24) is 0 Å². The fourth-order valence-corrected chi connectivity index (χ4v) is 2.20. The third-order valence-electron chi connectivity index (χ3n) is 2.23. The Balaban J connectivity index is 3.08. The number of hydrogen-bond donors (Lipinski definition) is 2. The summed E-state index contributed by atoms with van der Waals surface area (Å²) >= 11 is 1.58. The zero-order valence-corrected chi connectivity index (χ0v) is 10.1. The van der Waals surface area contributed by atoms with Crippen LogP contribution in [0.5, 0.6) is 0 Å². The molecule has 0 aliphatic rings. The van der Waals surface area contributed by atoms with Gasteiger partial charge in [0.15, 0.2) is 5.84 Å². The first-order chi connectivity index (χ1) is 7.58. The van der Waals surface area contributed by atoms with Crippen LogP contribution < -0.4 is 5.73 Å². The van der Waals surface area contributed by atoms with Crippen LogP contribution in [0.1, 0.15) is 25.8 Å². The second-order valence-corrected chi connectivity index (χ2v) is 4.94. The molecule has 3 nitrogen and oxygen atoms in total. The third kappa shape index (κ3) is 3.13. The molecule has 0 aliphatic heterocycles. The number of nitrogens with zero attached hydrogens (tertiary/aromatic N) is 1. The van der Waals surface area contributed by atoms with E-state index in [-0.39, 0.29) is 5.84 Å². The summed E-state index contributed by atoms with van der Waals surface area (Å²) in [5.74, 6) is -0.458. The molecule has 0 heterocycles.